The summed E-state index contributed by atoms with van der Waals surface area (Å²) < 4.78 is 0. The van der Waals surface area contributed by atoms with E-state index in [1.54, 1.807) is 0 Å². The van der Waals surface area contributed by atoms with Crippen LogP contribution in [0.25, 0.3) is 0 Å². The highest BCUT2D eigenvalue weighted by Gasteiger charge is 2.42. The lowest BCUT2D eigenvalue weighted by molar-refractivity contribution is -0.0209. The first-order chi connectivity index (χ1) is 9.31. The fourth-order valence-corrected chi connectivity index (χ4v) is 4.03. The topological polar surface area (TPSA) is 23.5 Å². The minimum atomic E-state index is -0.129. The number of likely N-dealkylation sites (tertiary alicyclic amines) is 1. The molecule has 2 aliphatic rings. The van der Waals surface area contributed by atoms with E-state index in [4.69, 9.17) is 0 Å². The lowest BCUT2D eigenvalue weighted by Crippen LogP contribution is -2.52. The van der Waals surface area contributed by atoms with Crippen LogP contribution in [-0.2, 0) is 5.54 Å². The first-order valence-corrected chi connectivity index (χ1v) is 7.80. The van der Waals surface area contributed by atoms with Gasteiger partial charge in [-0.1, -0.05) is 36.8 Å². The summed E-state index contributed by atoms with van der Waals surface area (Å²) in [6.45, 7) is 2.39. The van der Waals surface area contributed by atoms with Gasteiger partial charge in [0.05, 0.1) is 6.10 Å². The summed E-state index contributed by atoms with van der Waals surface area (Å²) in [6.07, 6.45) is 8.09. The van der Waals surface area contributed by atoms with Crippen LogP contribution in [0.4, 0.5) is 0 Å². The van der Waals surface area contributed by atoms with E-state index < -0.39 is 0 Å². The van der Waals surface area contributed by atoms with Crippen LogP contribution < -0.4 is 0 Å². The SMILES string of the molecule is O[C@@H]1CCC[C@](c2ccccc2)(N2CCCCC2)C1. The van der Waals surface area contributed by atoms with Crippen molar-refractivity contribution < 1.29 is 5.11 Å². The zero-order valence-corrected chi connectivity index (χ0v) is 11.7. The predicted molar refractivity (Wildman–Crippen MR) is 78.0 cm³/mol. The molecule has 0 spiro atoms. The number of aliphatic hydroxyl groups excluding tert-OH is 1. The molecule has 1 N–H and O–H groups in total. The van der Waals surface area contributed by atoms with Gasteiger partial charge in [0.1, 0.15) is 0 Å². The zero-order valence-electron chi connectivity index (χ0n) is 11.7. The van der Waals surface area contributed by atoms with E-state index in [1.807, 2.05) is 0 Å². The van der Waals surface area contributed by atoms with Crippen molar-refractivity contribution in [2.75, 3.05) is 13.1 Å². The van der Waals surface area contributed by atoms with Gasteiger partial charge in [0.25, 0.3) is 0 Å². The number of rotatable bonds is 2. The second-order valence-corrected chi connectivity index (χ2v) is 6.20. The van der Waals surface area contributed by atoms with Crippen LogP contribution >= 0.6 is 0 Å². The lowest BCUT2D eigenvalue weighted by Gasteiger charge is -2.49. The molecule has 104 valence electrons. The number of benzene rings is 1. The van der Waals surface area contributed by atoms with E-state index in [0.29, 0.717) is 0 Å². The highest BCUT2D eigenvalue weighted by molar-refractivity contribution is 5.26. The van der Waals surface area contributed by atoms with Crippen molar-refractivity contribution >= 4 is 0 Å². The molecule has 1 saturated heterocycles. The summed E-state index contributed by atoms with van der Waals surface area (Å²) in [5.74, 6) is 0. The third kappa shape index (κ3) is 2.56. The Hall–Kier alpha value is -0.860. The normalized spacial score (nSPS) is 33.2. The summed E-state index contributed by atoms with van der Waals surface area (Å²) in [4.78, 5) is 2.66. The standard InChI is InChI=1S/C17H25NO/c19-16-10-7-11-17(14-16,15-8-3-1-4-9-15)18-12-5-2-6-13-18/h1,3-4,8-9,16,19H,2,5-7,10-14H2/t16-,17+/m1/s1. The Labute approximate surface area is 116 Å². The maximum atomic E-state index is 10.2. The first-order valence-electron chi connectivity index (χ1n) is 7.80. The van der Waals surface area contributed by atoms with Crippen molar-refractivity contribution in [2.45, 2.75) is 56.6 Å². The summed E-state index contributed by atoms with van der Waals surface area (Å²) in [7, 11) is 0. The molecule has 1 aliphatic heterocycles. The smallest absolute Gasteiger partial charge is 0.0561 e. The van der Waals surface area contributed by atoms with Crippen LogP contribution in [-0.4, -0.2) is 29.2 Å². The third-order valence-corrected chi connectivity index (χ3v) is 4.97. The summed E-state index contributed by atoms with van der Waals surface area (Å²) in [5, 5.41) is 10.2. The number of hydrogen-bond acceptors (Lipinski definition) is 2. The number of hydrogen-bond donors (Lipinski definition) is 1. The Bertz CT molecular complexity index is 399. The zero-order chi connectivity index (χ0) is 13.1. The average Bonchev–Trinajstić information content (AvgIpc) is 2.49. The monoisotopic (exact) mass is 259 g/mol. The molecule has 1 saturated carbocycles. The molecule has 3 rings (SSSR count). The van der Waals surface area contributed by atoms with E-state index in [0.717, 1.165) is 19.3 Å². The molecule has 0 aromatic heterocycles. The molecule has 19 heavy (non-hydrogen) atoms. The van der Waals surface area contributed by atoms with E-state index in [1.165, 1.54) is 44.3 Å². The summed E-state index contributed by atoms with van der Waals surface area (Å²) >= 11 is 0. The van der Waals surface area contributed by atoms with Crippen LogP contribution in [0.1, 0.15) is 50.5 Å². The van der Waals surface area contributed by atoms with Gasteiger partial charge >= 0.3 is 0 Å². The highest BCUT2D eigenvalue weighted by atomic mass is 16.3. The predicted octanol–water partition coefficient (Wildman–Crippen LogP) is 3.30. The molecule has 0 unspecified atom stereocenters. The molecule has 1 heterocycles. The van der Waals surface area contributed by atoms with Crippen LogP contribution in [0.3, 0.4) is 0 Å². The minimum absolute atomic E-state index is 0.0966. The highest BCUT2D eigenvalue weighted by Crippen LogP contribution is 2.43. The molecule has 0 amide bonds. The molecule has 0 radical (unpaired) electrons. The Morgan fingerprint density at radius 3 is 2.42 bits per heavy atom. The molecule has 1 aliphatic carbocycles. The molecular formula is C17H25NO. The maximum Gasteiger partial charge on any atom is 0.0561 e. The van der Waals surface area contributed by atoms with Gasteiger partial charge in [-0.05, 0) is 57.2 Å². The molecule has 2 atom stereocenters. The maximum absolute atomic E-state index is 10.2. The Kier molecular flexibility index (Phi) is 3.90. The van der Waals surface area contributed by atoms with Crippen molar-refractivity contribution in [2.24, 2.45) is 0 Å². The number of nitrogens with zero attached hydrogens (tertiary/aromatic N) is 1. The molecule has 1 aromatic carbocycles. The van der Waals surface area contributed by atoms with Crippen molar-refractivity contribution in [3.8, 4) is 0 Å². The van der Waals surface area contributed by atoms with E-state index in [9.17, 15) is 5.11 Å². The third-order valence-electron chi connectivity index (χ3n) is 4.97. The minimum Gasteiger partial charge on any atom is -0.393 e. The molecular weight excluding hydrogens is 234 g/mol. The van der Waals surface area contributed by atoms with Crippen LogP contribution in [0.2, 0.25) is 0 Å². The molecule has 2 nitrogen and oxygen atoms in total. The van der Waals surface area contributed by atoms with Crippen molar-refractivity contribution in [1.29, 1.82) is 0 Å². The second kappa shape index (κ2) is 5.64. The van der Waals surface area contributed by atoms with Gasteiger partial charge in [0, 0.05) is 5.54 Å². The molecule has 1 aromatic rings. The van der Waals surface area contributed by atoms with Gasteiger partial charge in [-0.25, -0.2) is 0 Å². The quantitative estimate of drug-likeness (QED) is 0.881. The average molecular weight is 259 g/mol. The largest absolute Gasteiger partial charge is 0.393 e. The van der Waals surface area contributed by atoms with Crippen LogP contribution in [0.15, 0.2) is 30.3 Å². The van der Waals surface area contributed by atoms with Gasteiger partial charge in [0.2, 0.25) is 0 Å². The number of piperidine rings is 1. The molecule has 2 heteroatoms. The van der Waals surface area contributed by atoms with Gasteiger partial charge in [-0.2, -0.15) is 0 Å². The van der Waals surface area contributed by atoms with Crippen molar-refractivity contribution in [3.63, 3.8) is 0 Å². The van der Waals surface area contributed by atoms with E-state index in [-0.39, 0.29) is 11.6 Å². The van der Waals surface area contributed by atoms with E-state index in [2.05, 4.69) is 35.2 Å². The fraction of sp³-hybridized carbons (Fsp3) is 0.647. The van der Waals surface area contributed by atoms with Crippen molar-refractivity contribution in [1.82, 2.24) is 4.90 Å². The Morgan fingerprint density at radius 1 is 1.00 bits per heavy atom. The van der Waals surface area contributed by atoms with E-state index >= 15 is 0 Å². The van der Waals surface area contributed by atoms with Crippen molar-refractivity contribution in [3.05, 3.63) is 35.9 Å². The summed E-state index contributed by atoms with van der Waals surface area (Å²) in [5.41, 5.74) is 1.51. The van der Waals surface area contributed by atoms with Gasteiger partial charge < -0.3 is 5.11 Å². The fourth-order valence-electron chi connectivity index (χ4n) is 4.03. The Morgan fingerprint density at radius 2 is 1.74 bits per heavy atom. The summed E-state index contributed by atoms with van der Waals surface area (Å²) in [6, 6.07) is 10.9. The number of aliphatic hydroxyl groups is 1. The lowest BCUT2D eigenvalue weighted by atomic mass is 9.73. The molecule has 2 fully saturated rings. The van der Waals surface area contributed by atoms with Gasteiger partial charge in [0.15, 0.2) is 0 Å². The Balaban J connectivity index is 1.94. The van der Waals surface area contributed by atoms with Gasteiger partial charge in [-0.15, -0.1) is 0 Å². The second-order valence-electron chi connectivity index (χ2n) is 6.20. The van der Waals surface area contributed by atoms with Gasteiger partial charge in [-0.3, -0.25) is 4.90 Å². The van der Waals surface area contributed by atoms with Crippen LogP contribution in [0, 0.1) is 0 Å². The first kappa shape index (κ1) is 13.1. The van der Waals surface area contributed by atoms with Crippen LogP contribution in [0.5, 0.6) is 0 Å². The molecule has 0 bridgehead atoms.